The van der Waals surface area contributed by atoms with Gasteiger partial charge in [0.1, 0.15) is 0 Å². The topological polar surface area (TPSA) is 35.5 Å². The molecule has 0 bridgehead atoms. The summed E-state index contributed by atoms with van der Waals surface area (Å²) in [6, 6.07) is 0.545. The first-order chi connectivity index (χ1) is 7.91. The summed E-state index contributed by atoms with van der Waals surface area (Å²) < 4.78 is 0. The molecule has 1 rings (SSSR count). The number of nitrogens with one attached hydrogen (secondary N) is 1. The van der Waals surface area contributed by atoms with E-state index in [-0.39, 0.29) is 12.1 Å². The minimum Gasteiger partial charge on any atom is -0.394 e. The largest absolute Gasteiger partial charge is 0.394 e. The smallest absolute Gasteiger partial charge is 0.0611 e. The van der Waals surface area contributed by atoms with Crippen molar-refractivity contribution < 1.29 is 5.11 Å². The number of aliphatic hydroxyl groups excluding tert-OH is 1. The average Bonchev–Trinajstić information content (AvgIpc) is 2.78. The number of hydrogen-bond acceptors (Lipinski definition) is 3. The van der Waals surface area contributed by atoms with Crippen molar-refractivity contribution >= 4 is 0 Å². The summed E-state index contributed by atoms with van der Waals surface area (Å²) in [5, 5.41) is 12.7. The molecule has 0 saturated carbocycles. The van der Waals surface area contributed by atoms with Crippen molar-refractivity contribution in [2.45, 2.75) is 52.1 Å². The molecule has 102 valence electrons. The Morgan fingerprint density at radius 3 is 2.47 bits per heavy atom. The number of aliphatic hydroxyl groups is 1. The molecule has 1 fully saturated rings. The predicted molar refractivity (Wildman–Crippen MR) is 73.1 cm³/mol. The molecule has 0 spiro atoms. The Morgan fingerprint density at radius 1 is 1.41 bits per heavy atom. The summed E-state index contributed by atoms with van der Waals surface area (Å²) in [7, 11) is 1.93. The zero-order valence-corrected chi connectivity index (χ0v) is 12.2. The molecule has 0 aromatic rings. The molecule has 0 amide bonds. The van der Waals surface area contributed by atoms with Crippen LogP contribution in [0.2, 0.25) is 0 Å². The second-order valence-corrected chi connectivity index (χ2v) is 6.31. The van der Waals surface area contributed by atoms with E-state index in [9.17, 15) is 5.11 Å². The molecular weight excluding hydrogens is 212 g/mol. The first-order valence-electron chi connectivity index (χ1n) is 6.95. The Balaban J connectivity index is 2.46. The maximum absolute atomic E-state index is 9.44. The number of nitrogens with zero attached hydrogens (tertiary/aromatic N) is 1. The molecule has 2 N–H and O–H groups in total. The third kappa shape index (κ3) is 3.94. The van der Waals surface area contributed by atoms with Gasteiger partial charge in [-0.05, 0) is 52.1 Å². The normalized spacial score (nSPS) is 27.4. The molecule has 1 aliphatic heterocycles. The third-order valence-electron chi connectivity index (χ3n) is 4.52. The molecule has 0 aromatic heterocycles. The van der Waals surface area contributed by atoms with E-state index in [0.717, 1.165) is 18.3 Å². The Hall–Kier alpha value is -0.120. The SMILES string of the molecule is CNC(C)(CO)CC(C)N1CCC(C(C)C)C1. The summed E-state index contributed by atoms with van der Waals surface area (Å²) in [6.07, 6.45) is 2.34. The van der Waals surface area contributed by atoms with Crippen molar-refractivity contribution in [2.75, 3.05) is 26.7 Å². The van der Waals surface area contributed by atoms with Gasteiger partial charge in [0.15, 0.2) is 0 Å². The number of likely N-dealkylation sites (tertiary alicyclic amines) is 1. The lowest BCUT2D eigenvalue weighted by molar-refractivity contribution is 0.129. The van der Waals surface area contributed by atoms with Gasteiger partial charge in [0.2, 0.25) is 0 Å². The van der Waals surface area contributed by atoms with E-state index in [1.807, 2.05) is 7.05 Å². The summed E-state index contributed by atoms with van der Waals surface area (Å²) in [5.41, 5.74) is -0.144. The highest BCUT2D eigenvalue weighted by Gasteiger charge is 2.31. The summed E-state index contributed by atoms with van der Waals surface area (Å²) >= 11 is 0. The molecule has 1 saturated heterocycles. The van der Waals surface area contributed by atoms with Crippen LogP contribution in [-0.2, 0) is 0 Å². The van der Waals surface area contributed by atoms with Crippen LogP contribution in [-0.4, -0.2) is 48.3 Å². The van der Waals surface area contributed by atoms with Crippen LogP contribution in [0.3, 0.4) is 0 Å². The van der Waals surface area contributed by atoms with Gasteiger partial charge in [-0.25, -0.2) is 0 Å². The molecule has 1 aliphatic rings. The highest BCUT2D eigenvalue weighted by molar-refractivity contribution is 4.89. The Morgan fingerprint density at radius 2 is 2.06 bits per heavy atom. The minimum atomic E-state index is -0.144. The zero-order valence-electron chi connectivity index (χ0n) is 12.2. The summed E-state index contributed by atoms with van der Waals surface area (Å²) in [4.78, 5) is 2.58. The van der Waals surface area contributed by atoms with Gasteiger partial charge < -0.3 is 15.3 Å². The standard InChI is InChI=1S/C14H30N2O/c1-11(2)13-6-7-16(9-13)12(3)8-14(4,10-17)15-5/h11-13,15,17H,6-10H2,1-5H3. The lowest BCUT2D eigenvalue weighted by atomic mass is 9.93. The first-order valence-corrected chi connectivity index (χ1v) is 6.95. The van der Waals surface area contributed by atoms with Crippen LogP contribution in [0.5, 0.6) is 0 Å². The van der Waals surface area contributed by atoms with E-state index in [0.29, 0.717) is 6.04 Å². The second kappa shape index (κ2) is 6.17. The van der Waals surface area contributed by atoms with E-state index in [1.165, 1.54) is 19.5 Å². The zero-order chi connectivity index (χ0) is 13.1. The van der Waals surface area contributed by atoms with Gasteiger partial charge in [0, 0.05) is 18.1 Å². The van der Waals surface area contributed by atoms with E-state index in [2.05, 4.69) is 37.9 Å². The third-order valence-corrected chi connectivity index (χ3v) is 4.52. The number of likely N-dealkylation sites (N-methyl/N-ethyl adjacent to an activating group) is 1. The van der Waals surface area contributed by atoms with E-state index < -0.39 is 0 Å². The Bertz CT molecular complexity index is 226. The van der Waals surface area contributed by atoms with E-state index >= 15 is 0 Å². The lowest BCUT2D eigenvalue weighted by Gasteiger charge is -2.34. The fraction of sp³-hybridized carbons (Fsp3) is 1.00. The van der Waals surface area contributed by atoms with Crippen molar-refractivity contribution in [3.63, 3.8) is 0 Å². The van der Waals surface area contributed by atoms with Crippen LogP contribution in [0.25, 0.3) is 0 Å². The maximum Gasteiger partial charge on any atom is 0.0611 e. The fourth-order valence-electron chi connectivity index (χ4n) is 2.79. The fourth-order valence-corrected chi connectivity index (χ4v) is 2.79. The van der Waals surface area contributed by atoms with Crippen molar-refractivity contribution in [3.8, 4) is 0 Å². The number of rotatable bonds is 6. The summed E-state index contributed by atoms with van der Waals surface area (Å²) in [5.74, 6) is 1.65. The minimum absolute atomic E-state index is 0.144. The second-order valence-electron chi connectivity index (χ2n) is 6.31. The van der Waals surface area contributed by atoms with Crippen LogP contribution in [0.1, 0.15) is 40.5 Å². The van der Waals surface area contributed by atoms with Crippen LogP contribution in [0.15, 0.2) is 0 Å². The van der Waals surface area contributed by atoms with Crippen LogP contribution >= 0.6 is 0 Å². The predicted octanol–water partition coefficient (Wildman–Crippen LogP) is 1.71. The van der Waals surface area contributed by atoms with Gasteiger partial charge in [0.25, 0.3) is 0 Å². The molecule has 3 unspecified atom stereocenters. The lowest BCUT2D eigenvalue weighted by Crippen LogP contribution is -2.48. The van der Waals surface area contributed by atoms with E-state index in [1.54, 1.807) is 0 Å². The van der Waals surface area contributed by atoms with Crippen LogP contribution in [0.4, 0.5) is 0 Å². The quantitative estimate of drug-likeness (QED) is 0.744. The van der Waals surface area contributed by atoms with Gasteiger partial charge in [-0.3, -0.25) is 0 Å². The highest BCUT2D eigenvalue weighted by atomic mass is 16.3. The molecule has 3 atom stereocenters. The van der Waals surface area contributed by atoms with E-state index in [4.69, 9.17) is 0 Å². The molecule has 3 nitrogen and oxygen atoms in total. The van der Waals surface area contributed by atoms with Crippen LogP contribution in [0, 0.1) is 11.8 Å². The molecule has 0 radical (unpaired) electrons. The monoisotopic (exact) mass is 242 g/mol. The first kappa shape index (κ1) is 14.9. The molecule has 17 heavy (non-hydrogen) atoms. The van der Waals surface area contributed by atoms with Crippen molar-refractivity contribution in [3.05, 3.63) is 0 Å². The Labute approximate surface area is 107 Å². The van der Waals surface area contributed by atoms with Gasteiger partial charge in [-0.1, -0.05) is 13.8 Å². The van der Waals surface area contributed by atoms with Crippen LogP contribution < -0.4 is 5.32 Å². The highest BCUT2D eigenvalue weighted by Crippen LogP contribution is 2.27. The average molecular weight is 242 g/mol. The molecule has 3 heteroatoms. The van der Waals surface area contributed by atoms with Crippen molar-refractivity contribution in [1.29, 1.82) is 0 Å². The van der Waals surface area contributed by atoms with Gasteiger partial charge in [0.05, 0.1) is 6.61 Å². The number of hydrogen-bond donors (Lipinski definition) is 2. The molecule has 1 heterocycles. The van der Waals surface area contributed by atoms with Crippen molar-refractivity contribution in [2.24, 2.45) is 11.8 Å². The Kier molecular flexibility index (Phi) is 5.42. The maximum atomic E-state index is 9.44. The van der Waals surface area contributed by atoms with Crippen molar-refractivity contribution in [1.82, 2.24) is 10.2 Å². The molecule has 0 aliphatic carbocycles. The van der Waals surface area contributed by atoms with Gasteiger partial charge in [-0.15, -0.1) is 0 Å². The van der Waals surface area contributed by atoms with Gasteiger partial charge >= 0.3 is 0 Å². The molecule has 0 aromatic carbocycles. The van der Waals surface area contributed by atoms with Gasteiger partial charge in [-0.2, -0.15) is 0 Å². The summed E-state index contributed by atoms with van der Waals surface area (Å²) in [6.45, 7) is 11.7. The molecular formula is C14H30N2O.